The fourth-order valence-corrected chi connectivity index (χ4v) is 3.59. The molecule has 2 unspecified atom stereocenters. The van der Waals surface area contributed by atoms with Crippen molar-refractivity contribution in [3.63, 3.8) is 0 Å². The van der Waals surface area contributed by atoms with Crippen molar-refractivity contribution in [2.75, 3.05) is 19.7 Å². The van der Waals surface area contributed by atoms with Crippen LogP contribution in [0.1, 0.15) is 17.2 Å². The Morgan fingerprint density at radius 3 is 2.33 bits per heavy atom. The van der Waals surface area contributed by atoms with E-state index in [1.807, 2.05) is 18.2 Å². The van der Waals surface area contributed by atoms with E-state index >= 15 is 0 Å². The van der Waals surface area contributed by atoms with Gasteiger partial charge in [0.2, 0.25) is 0 Å². The number of hydrogen-bond acceptors (Lipinski definition) is 3. The van der Waals surface area contributed by atoms with Crippen LogP contribution in [0, 0.1) is 6.92 Å². The highest BCUT2D eigenvalue weighted by Gasteiger charge is 2.28. The highest BCUT2D eigenvalue weighted by Crippen LogP contribution is 2.36. The minimum atomic E-state index is -0.163. The van der Waals surface area contributed by atoms with Crippen molar-refractivity contribution in [2.24, 2.45) is 0 Å². The summed E-state index contributed by atoms with van der Waals surface area (Å²) in [5.74, 6) is 0.884. The first-order valence-corrected chi connectivity index (χ1v) is 9.52. The van der Waals surface area contributed by atoms with Crippen LogP contribution in [-0.4, -0.2) is 25.8 Å². The molecule has 0 aromatic heterocycles. The molecule has 1 fully saturated rings. The summed E-state index contributed by atoms with van der Waals surface area (Å²) in [6.45, 7) is 4.51. The third-order valence-corrected chi connectivity index (χ3v) is 5.00. The van der Waals surface area contributed by atoms with E-state index in [9.17, 15) is 0 Å². The molecule has 3 aromatic rings. The number of hydrogen-bond donors (Lipinski definition) is 1. The zero-order valence-electron chi connectivity index (χ0n) is 15.6. The molecule has 27 heavy (non-hydrogen) atoms. The minimum absolute atomic E-state index is 0.0222. The molecule has 3 aromatic carbocycles. The summed E-state index contributed by atoms with van der Waals surface area (Å²) < 4.78 is 12.7. The van der Waals surface area contributed by atoms with Crippen LogP contribution in [-0.2, 0) is 4.74 Å². The SMILES string of the molecule is Cc1ccccc1-c1ccccc1OC(c1ccccc1)C1CNCCO1. The minimum Gasteiger partial charge on any atom is -0.482 e. The third-order valence-electron chi connectivity index (χ3n) is 5.00. The first-order chi connectivity index (χ1) is 13.3. The summed E-state index contributed by atoms with van der Waals surface area (Å²) in [5, 5.41) is 3.42. The van der Waals surface area contributed by atoms with Gasteiger partial charge in [-0.1, -0.05) is 72.8 Å². The molecular formula is C24H25NO2. The Bertz CT molecular complexity index is 872. The number of rotatable bonds is 5. The molecule has 1 heterocycles. The molecule has 1 saturated heterocycles. The first-order valence-electron chi connectivity index (χ1n) is 9.52. The lowest BCUT2D eigenvalue weighted by molar-refractivity contribution is -0.0430. The monoisotopic (exact) mass is 359 g/mol. The third kappa shape index (κ3) is 4.05. The van der Waals surface area contributed by atoms with Crippen molar-refractivity contribution in [3.8, 4) is 16.9 Å². The van der Waals surface area contributed by atoms with Crippen molar-refractivity contribution in [1.82, 2.24) is 5.32 Å². The zero-order valence-corrected chi connectivity index (χ0v) is 15.6. The van der Waals surface area contributed by atoms with Gasteiger partial charge in [-0.2, -0.15) is 0 Å². The van der Waals surface area contributed by atoms with E-state index in [4.69, 9.17) is 9.47 Å². The van der Waals surface area contributed by atoms with Crippen LogP contribution in [0.5, 0.6) is 5.75 Å². The van der Waals surface area contributed by atoms with Crippen molar-refractivity contribution < 1.29 is 9.47 Å². The average Bonchev–Trinajstić information content (AvgIpc) is 2.74. The van der Waals surface area contributed by atoms with Gasteiger partial charge in [-0.15, -0.1) is 0 Å². The van der Waals surface area contributed by atoms with Crippen LogP contribution >= 0.6 is 0 Å². The van der Waals surface area contributed by atoms with E-state index in [-0.39, 0.29) is 12.2 Å². The molecule has 1 aliphatic rings. The van der Waals surface area contributed by atoms with E-state index in [0.717, 1.165) is 30.0 Å². The number of ether oxygens (including phenoxy) is 2. The smallest absolute Gasteiger partial charge is 0.151 e. The van der Waals surface area contributed by atoms with Crippen molar-refractivity contribution in [2.45, 2.75) is 19.1 Å². The maximum atomic E-state index is 6.62. The predicted octanol–water partition coefficient (Wildman–Crippen LogP) is 4.77. The normalized spacial score (nSPS) is 18.0. The van der Waals surface area contributed by atoms with Gasteiger partial charge in [0.05, 0.1) is 6.61 Å². The van der Waals surface area contributed by atoms with Crippen molar-refractivity contribution >= 4 is 0 Å². The molecule has 0 amide bonds. The molecule has 138 valence electrons. The molecule has 3 nitrogen and oxygen atoms in total. The molecule has 2 atom stereocenters. The number of morpholine rings is 1. The second-order valence-corrected chi connectivity index (χ2v) is 6.87. The fourth-order valence-electron chi connectivity index (χ4n) is 3.59. The van der Waals surface area contributed by atoms with E-state index in [0.29, 0.717) is 6.61 Å². The number of para-hydroxylation sites is 1. The second-order valence-electron chi connectivity index (χ2n) is 6.87. The van der Waals surface area contributed by atoms with Crippen LogP contribution in [0.2, 0.25) is 0 Å². The van der Waals surface area contributed by atoms with Gasteiger partial charge >= 0.3 is 0 Å². The summed E-state index contributed by atoms with van der Waals surface area (Å²) in [4.78, 5) is 0. The molecule has 4 rings (SSSR count). The second kappa shape index (κ2) is 8.38. The number of nitrogens with one attached hydrogen (secondary N) is 1. The Morgan fingerprint density at radius 1 is 0.889 bits per heavy atom. The van der Waals surface area contributed by atoms with Crippen LogP contribution < -0.4 is 10.1 Å². The van der Waals surface area contributed by atoms with Crippen molar-refractivity contribution in [3.05, 3.63) is 90.0 Å². The molecule has 0 aliphatic carbocycles. The largest absolute Gasteiger partial charge is 0.482 e. The Labute approximate surface area is 161 Å². The maximum Gasteiger partial charge on any atom is 0.151 e. The van der Waals surface area contributed by atoms with Gasteiger partial charge in [-0.05, 0) is 29.7 Å². The zero-order chi connectivity index (χ0) is 18.5. The van der Waals surface area contributed by atoms with E-state index in [1.165, 1.54) is 11.1 Å². The van der Waals surface area contributed by atoms with Gasteiger partial charge < -0.3 is 14.8 Å². The standard InChI is InChI=1S/C24H25NO2/c1-18-9-5-6-12-20(18)21-13-7-8-14-22(21)27-24(19-10-3-2-4-11-19)23-17-25-15-16-26-23/h2-14,23-25H,15-17H2,1H3. The summed E-state index contributed by atoms with van der Waals surface area (Å²) in [6, 6.07) is 27.0. The lowest BCUT2D eigenvalue weighted by atomic mass is 9.99. The summed E-state index contributed by atoms with van der Waals surface area (Å²) >= 11 is 0. The summed E-state index contributed by atoms with van der Waals surface area (Å²) in [6.07, 6.45) is -0.185. The molecule has 3 heteroatoms. The topological polar surface area (TPSA) is 30.5 Å². The molecule has 0 spiro atoms. The van der Waals surface area contributed by atoms with Crippen LogP contribution in [0.3, 0.4) is 0 Å². The van der Waals surface area contributed by atoms with Gasteiger partial charge in [-0.25, -0.2) is 0 Å². The molecule has 0 radical (unpaired) electrons. The Hall–Kier alpha value is -2.62. The molecule has 0 saturated carbocycles. The van der Waals surface area contributed by atoms with E-state index < -0.39 is 0 Å². The highest BCUT2D eigenvalue weighted by molar-refractivity contribution is 5.73. The lowest BCUT2D eigenvalue weighted by Crippen LogP contribution is -2.43. The van der Waals surface area contributed by atoms with Crippen molar-refractivity contribution in [1.29, 1.82) is 0 Å². The van der Waals surface area contributed by atoms with Gasteiger partial charge in [0.15, 0.2) is 6.10 Å². The van der Waals surface area contributed by atoms with Gasteiger partial charge in [0.1, 0.15) is 11.9 Å². The Kier molecular flexibility index (Phi) is 5.52. The summed E-state index contributed by atoms with van der Waals surface area (Å²) in [5.41, 5.74) is 4.68. The molecule has 1 N–H and O–H groups in total. The quantitative estimate of drug-likeness (QED) is 0.712. The number of aryl methyl sites for hydroxylation is 1. The van der Waals surface area contributed by atoms with Crippen LogP contribution in [0.25, 0.3) is 11.1 Å². The Balaban J connectivity index is 1.71. The van der Waals surface area contributed by atoms with E-state index in [1.54, 1.807) is 0 Å². The van der Waals surface area contributed by atoms with Gasteiger partial charge in [-0.3, -0.25) is 0 Å². The highest BCUT2D eigenvalue weighted by atomic mass is 16.5. The van der Waals surface area contributed by atoms with E-state index in [2.05, 4.69) is 72.9 Å². The average molecular weight is 359 g/mol. The summed E-state index contributed by atoms with van der Waals surface area (Å²) in [7, 11) is 0. The predicted molar refractivity (Wildman–Crippen MR) is 109 cm³/mol. The lowest BCUT2D eigenvalue weighted by Gasteiger charge is -2.32. The molecular weight excluding hydrogens is 334 g/mol. The van der Waals surface area contributed by atoms with Crippen LogP contribution in [0.15, 0.2) is 78.9 Å². The van der Waals surface area contributed by atoms with Gasteiger partial charge in [0.25, 0.3) is 0 Å². The fraction of sp³-hybridized carbons (Fsp3) is 0.250. The molecule has 0 bridgehead atoms. The van der Waals surface area contributed by atoms with Crippen LogP contribution in [0.4, 0.5) is 0 Å². The molecule has 1 aliphatic heterocycles. The van der Waals surface area contributed by atoms with Gasteiger partial charge in [0, 0.05) is 18.7 Å². The maximum absolute atomic E-state index is 6.62. The Morgan fingerprint density at radius 2 is 1.59 bits per heavy atom. The number of benzene rings is 3. The first kappa shape index (κ1) is 17.8.